The van der Waals surface area contributed by atoms with E-state index in [0.717, 1.165) is 0 Å². The summed E-state index contributed by atoms with van der Waals surface area (Å²) in [5.41, 5.74) is 9.12. The molecule has 0 saturated carbocycles. The van der Waals surface area contributed by atoms with Gasteiger partial charge in [-0.3, -0.25) is 0 Å². The van der Waals surface area contributed by atoms with E-state index in [1.807, 2.05) is 0 Å². The van der Waals surface area contributed by atoms with Crippen molar-refractivity contribution in [3.8, 4) is 6.07 Å². The zero-order valence-corrected chi connectivity index (χ0v) is 12.8. The number of hydrogen-bond donors (Lipinski definition) is 3. The van der Waals surface area contributed by atoms with Crippen LogP contribution in [0, 0.1) is 11.3 Å². The Morgan fingerprint density at radius 1 is 1.27 bits per heavy atom. The van der Waals surface area contributed by atoms with Crippen LogP contribution in [0.4, 0.5) is 18.9 Å². The van der Waals surface area contributed by atoms with E-state index in [4.69, 9.17) is 44.5 Å². The molecular formula is C11H7Cl2F3N4OS. The van der Waals surface area contributed by atoms with Crippen LogP contribution in [0.2, 0.25) is 10.0 Å². The molecule has 0 aromatic heterocycles. The topological polar surface area (TPSA) is 108 Å². The van der Waals surface area contributed by atoms with Crippen LogP contribution in [0.1, 0.15) is 5.56 Å². The minimum Gasteiger partial charge on any atom is -0.389 e. The smallest absolute Gasteiger partial charge is 0.389 e. The SMILES string of the molecule is N#CC(N)=C(SO)C(N)=Nc1c(Cl)cc(C(F)(F)F)cc1Cl. The Hall–Kier alpha value is -1.60. The first-order valence-corrected chi connectivity index (χ1v) is 6.76. The second-order valence-electron chi connectivity index (χ2n) is 3.73. The number of nitriles is 1. The quantitative estimate of drug-likeness (QED) is 0.323. The predicted molar refractivity (Wildman–Crippen MR) is 79.8 cm³/mol. The predicted octanol–water partition coefficient (Wildman–Crippen LogP) is 3.90. The third kappa shape index (κ3) is 4.20. The normalized spacial score (nSPS) is 13.6. The lowest BCUT2D eigenvalue weighted by atomic mass is 10.2. The molecule has 11 heteroatoms. The molecule has 0 amide bonds. The first-order valence-electron chi connectivity index (χ1n) is 5.23. The van der Waals surface area contributed by atoms with Gasteiger partial charge in [-0.05, 0) is 12.1 Å². The molecule has 0 aliphatic heterocycles. The fourth-order valence-corrected chi connectivity index (χ4v) is 2.15. The molecule has 1 rings (SSSR count). The van der Waals surface area contributed by atoms with Crippen LogP contribution >= 0.6 is 35.2 Å². The number of nitrogens with two attached hydrogens (primary N) is 2. The summed E-state index contributed by atoms with van der Waals surface area (Å²) in [6, 6.07) is 2.80. The highest BCUT2D eigenvalue weighted by atomic mass is 35.5. The summed E-state index contributed by atoms with van der Waals surface area (Å²) in [5, 5.41) is 7.84. The minimum absolute atomic E-state index is 0.0592. The molecule has 5 nitrogen and oxygen atoms in total. The van der Waals surface area contributed by atoms with Crippen molar-refractivity contribution in [1.29, 1.82) is 5.26 Å². The van der Waals surface area contributed by atoms with Gasteiger partial charge in [0.15, 0.2) is 0 Å². The highest BCUT2D eigenvalue weighted by molar-refractivity contribution is 7.98. The lowest BCUT2D eigenvalue weighted by Crippen LogP contribution is -2.17. The zero-order chi connectivity index (χ0) is 17.1. The Bertz CT molecular complexity index is 675. The molecule has 0 radical (unpaired) electrons. The number of hydrogen-bond acceptors (Lipinski definition) is 5. The second kappa shape index (κ2) is 7.11. The Morgan fingerprint density at radius 3 is 2.14 bits per heavy atom. The van der Waals surface area contributed by atoms with Crippen molar-refractivity contribution in [2.75, 3.05) is 0 Å². The van der Waals surface area contributed by atoms with Crippen molar-refractivity contribution in [2.45, 2.75) is 6.18 Å². The van der Waals surface area contributed by atoms with Crippen molar-refractivity contribution in [2.24, 2.45) is 16.5 Å². The van der Waals surface area contributed by atoms with Gasteiger partial charge in [-0.25, -0.2) is 4.99 Å². The number of benzene rings is 1. The van der Waals surface area contributed by atoms with Crippen molar-refractivity contribution < 1.29 is 17.7 Å². The average Bonchev–Trinajstić information content (AvgIpc) is 2.42. The molecule has 0 heterocycles. The van der Waals surface area contributed by atoms with Crippen molar-refractivity contribution in [1.82, 2.24) is 0 Å². The molecule has 0 unspecified atom stereocenters. The molecule has 118 valence electrons. The monoisotopic (exact) mass is 370 g/mol. The number of allylic oxidation sites excluding steroid dienone is 1. The summed E-state index contributed by atoms with van der Waals surface area (Å²) < 4.78 is 46.8. The maximum atomic E-state index is 12.6. The molecule has 0 saturated heterocycles. The van der Waals surface area contributed by atoms with Gasteiger partial charge in [-0.15, -0.1) is 0 Å². The maximum absolute atomic E-state index is 12.6. The minimum atomic E-state index is -4.63. The number of halogens is 5. The van der Waals surface area contributed by atoms with Crippen LogP contribution in [0.25, 0.3) is 0 Å². The third-order valence-corrected chi connectivity index (χ3v) is 3.45. The van der Waals surface area contributed by atoms with Gasteiger partial charge < -0.3 is 16.0 Å². The molecule has 22 heavy (non-hydrogen) atoms. The van der Waals surface area contributed by atoms with E-state index < -0.39 is 33.3 Å². The van der Waals surface area contributed by atoms with Gasteiger partial charge in [0.25, 0.3) is 0 Å². The Labute approximate surface area is 137 Å². The Kier molecular flexibility index (Phi) is 5.96. The number of rotatable bonds is 3. The highest BCUT2D eigenvalue weighted by Gasteiger charge is 2.32. The van der Waals surface area contributed by atoms with Gasteiger partial charge in [-0.2, -0.15) is 18.4 Å². The summed E-state index contributed by atoms with van der Waals surface area (Å²) in [6.45, 7) is 0. The molecule has 5 N–H and O–H groups in total. The first kappa shape index (κ1) is 18.4. The van der Waals surface area contributed by atoms with E-state index in [-0.39, 0.29) is 22.6 Å². The molecule has 0 aliphatic carbocycles. The maximum Gasteiger partial charge on any atom is 0.416 e. The van der Waals surface area contributed by atoms with Crippen molar-refractivity contribution in [3.05, 3.63) is 38.3 Å². The van der Waals surface area contributed by atoms with Gasteiger partial charge in [0.05, 0.1) is 15.6 Å². The summed E-state index contributed by atoms with van der Waals surface area (Å²) in [5.74, 6) is -0.421. The fraction of sp³-hybridized carbons (Fsp3) is 0.0909. The van der Waals surface area contributed by atoms with E-state index in [1.54, 1.807) is 6.07 Å². The highest BCUT2D eigenvalue weighted by Crippen LogP contribution is 2.40. The van der Waals surface area contributed by atoms with Gasteiger partial charge in [0.1, 0.15) is 28.2 Å². The fourth-order valence-electron chi connectivity index (χ4n) is 1.29. The first-order chi connectivity index (χ1) is 10.1. The zero-order valence-electron chi connectivity index (χ0n) is 10.4. The Morgan fingerprint density at radius 2 is 1.77 bits per heavy atom. The third-order valence-electron chi connectivity index (χ3n) is 2.27. The molecular weight excluding hydrogens is 364 g/mol. The molecule has 1 aromatic carbocycles. The summed E-state index contributed by atoms with van der Waals surface area (Å²) in [7, 11) is 0. The molecule has 0 aliphatic rings. The van der Waals surface area contributed by atoms with Crippen molar-refractivity contribution >= 4 is 46.8 Å². The van der Waals surface area contributed by atoms with E-state index >= 15 is 0 Å². The van der Waals surface area contributed by atoms with Crippen molar-refractivity contribution in [3.63, 3.8) is 0 Å². The van der Waals surface area contributed by atoms with Crippen LogP contribution in [0.3, 0.4) is 0 Å². The van der Waals surface area contributed by atoms with E-state index in [0.29, 0.717) is 12.1 Å². The van der Waals surface area contributed by atoms with Crippen LogP contribution in [0.5, 0.6) is 0 Å². The van der Waals surface area contributed by atoms with Gasteiger partial charge in [-0.1, -0.05) is 23.2 Å². The van der Waals surface area contributed by atoms with E-state index in [1.165, 1.54) is 0 Å². The molecule has 0 bridgehead atoms. The summed E-state index contributed by atoms with van der Waals surface area (Å²) in [4.78, 5) is 3.45. The van der Waals surface area contributed by atoms with Crippen LogP contribution in [0.15, 0.2) is 27.7 Å². The van der Waals surface area contributed by atoms with Gasteiger partial charge in [0.2, 0.25) is 0 Å². The van der Waals surface area contributed by atoms with Crippen LogP contribution < -0.4 is 11.5 Å². The number of alkyl halides is 3. The molecule has 0 spiro atoms. The van der Waals surface area contributed by atoms with Gasteiger partial charge >= 0.3 is 6.18 Å². The number of nitrogens with zero attached hydrogens (tertiary/aromatic N) is 2. The molecule has 0 fully saturated rings. The largest absolute Gasteiger partial charge is 0.416 e. The van der Waals surface area contributed by atoms with E-state index in [2.05, 4.69) is 4.99 Å². The molecule has 1 aromatic rings. The van der Waals surface area contributed by atoms with Crippen LogP contribution in [-0.2, 0) is 6.18 Å². The van der Waals surface area contributed by atoms with Gasteiger partial charge in [0, 0.05) is 12.0 Å². The lowest BCUT2D eigenvalue weighted by molar-refractivity contribution is -0.137. The summed E-state index contributed by atoms with van der Waals surface area (Å²) in [6.07, 6.45) is -4.63. The second-order valence-corrected chi connectivity index (χ2v) is 5.13. The number of aliphatic imine (C=N–C) groups is 1. The number of amidine groups is 1. The molecule has 0 atom stereocenters. The van der Waals surface area contributed by atoms with Crippen LogP contribution in [-0.4, -0.2) is 10.4 Å². The van der Waals surface area contributed by atoms with E-state index in [9.17, 15) is 13.2 Å². The summed E-state index contributed by atoms with van der Waals surface area (Å²) >= 11 is 11.5. The average molecular weight is 371 g/mol. The standard InChI is InChI=1S/C11H7Cl2F3N4OS/c12-5-1-4(11(14,15)16)2-6(13)8(5)20-10(19)9(22-21)7(18)3-17/h1-2,21H,18H2,(H2,19,20). The Balaban J connectivity index is 3.42. The lowest BCUT2D eigenvalue weighted by Gasteiger charge is -2.10.